The Labute approximate surface area is 144 Å². The number of carbonyl (C=O) groups excluding carboxylic acids is 1. The van der Waals surface area contributed by atoms with Crippen LogP contribution in [0.3, 0.4) is 0 Å². The fraction of sp³-hybridized carbons (Fsp3) is 0.471. The zero-order valence-corrected chi connectivity index (χ0v) is 14.0. The molecule has 0 radical (unpaired) electrons. The summed E-state index contributed by atoms with van der Waals surface area (Å²) in [6.45, 7) is 3.79. The Morgan fingerprint density at radius 2 is 1.84 bits per heavy atom. The van der Waals surface area contributed by atoms with Gasteiger partial charge in [-0.2, -0.15) is 15.0 Å². The lowest BCUT2D eigenvalue weighted by molar-refractivity contribution is -0.136. The lowest BCUT2D eigenvalue weighted by Crippen LogP contribution is -2.42. The van der Waals surface area contributed by atoms with E-state index in [9.17, 15) is 4.79 Å². The molecule has 3 aromatic rings. The van der Waals surface area contributed by atoms with Crippen LogP contribution < -0.4 is 0 Å². The molecule has 8 nitrogen and oxygen atoms in total. The van der Waals surface area contributed by atoms with Crippen molar-refractivity contribution in [3.8, 4) is 0 Å². The van der Waals surface area contributed by atoms with Crippen LogP contribution in [0.15, 0.2) is 24.3 Å². The van der Waals surface area contributed by atoms with Crippen LogP contribution in [-0.2, 0) is 17.9 Å². The van der Waals surface area contributed by atoms with E-state index in [1.54, 1.807) is 0 Å². The van der Waals surface area contributed by atoms with E-state index in [2.05, 4.69) is 25.0 Å². The highest BCUT2D eigenvalue weighted by atomic mass is 16.2. The molecule has 1 unspecified atom stereocenters. The molecule has 1 fully saturated rings. The fourth-order valence-corrected chi connectivity index (χ4v) is 3.42. The minimum atomic E-state index is -0.440. The van der Waals surface area contributed by atoms with Gasteiger partial charge in [0, 0.05) is 19.0 Å². The molecule has 25 heavy (non-hydrogen) atoms. The monoisotopic (exact) mass is 337 g/mol. The van der Waals surface area contributed by atoms with Gasteiger partial charge in [0.1, 0.15) is 22.9 Å². The largest absolute Gasteiger partial charge is 0.331 e. The maximum atomic E-state index is 12.9. The number of hydrogen-bond donors (Lipinski definition) is 0. The summed E-state index contributed by atoms with van der Waals surface area (Å²) in [5.41, 5.74) is 1.60. The lowest BCUT2D eigenvalue weighted by atomic mass is 10.2. The van der Waals surface area contributed by atoms with Crippen LogP contribution in [-0.4, -0.2) is 47.1 Å². The first-order valence-corrected chi connectivity index (χ1v) is 8.73. The first-order valence-electron chi connectivity index (χ1n) is 8.73. The van der Waals surface area contributed by atoms with E-state index in [4.69, 9.17) is 0 Å². The first-order chi connectivity index (χ1) is 12.2. The molecule has 1 aliphatic heterocycles. The minimum Gasteiger partial charge on any atom is -0.331 e. The maximum absolute atomic E-state index is 12.9. The third-order valence-corrected chi connectivity index (χ3v) is 5.04. The van der Waals surface area contributed by atoms with Crippen LogP contribution in [0, 0.1) is 0 Å². The SMILES string of the molecule is CC(C(=O)N1CCn2c(nnc2C2CC2)C1)n1nc2ccccc2n1. The predicted octanol–water partition coefficient (Wildman–Crippen LogP) is 1.50. The standard InChI is InChI=1S/C17H19N7O/c1-11(24-20-13-4-2-3-5-14(13)21-24)17(25)22-8-9-23-15(10-22)18-19-16(23)12-6-7-12/h2-5,11-12H,6-10H2,1H3. The molecule has 3 heterocycles. The molecule has 0 saturated heterocycles. The second-order valence-electron chi connectivity index (χ2n) is 6.85. The van der Waals surface area contributed by atoms with Gasteiger partial charge in [-0.15, -0.1) is 10.2 Å². The Balaban J connectivity index is 1.36. The van der Waals surface area contributed by atoms with Gasteiger partial charge in [0.05, 0.1) is 6.54 Å². The van der Waals surface area contributed by atoms with Crippen LogP contribution in [0.4, 0.5) is 0 Å². The van der Waals surface area contributed by atoms with Gasteiger partial charge in [0.15, 0.2) is 5.82 Å². The van der Waals surface area contributed by atoms with Crippen LogP contribution >= 0.6 is 0 Å². The zero-order chi connectivity index (χ0) is 17.0. The Bertz CT molecular complexity index is 922. The molecular weight excluding hydrogens is 318 g/mol. The van der Waals surface area contributed by atoms with Crippen LogP contribution in [0.5, 0.6) is 0 Å². The fourth-order valence-electron chi connectivity index (χ4n) is 3.42. The normalized spacial score (nSPS) is 18.4. The van der Waals surface area contributed by atoms with Gasteiger partial charge < -0.3 is 9.47 Å². The molecule has 0 bridgehead atoms. The Kier molecular flexibility index (Phi) is 3.13. The smallest absolute Gasteiger partial charge is 0.249 e. The van der Waals surface area contributed by atoms with E-state index in [-0.39, 0.29) is 5.91 Å². The predicted molar refractivity (Wildman–Crippen MR) is 89.7 cm³/mol. The van der Waals surface area contributed by atoms with Crippen molar-refractivity contribution in [3.05, 3.63) is 35.9 Å². The molecule has 0 N–H and O–H groups in total. The van der Waals surface area contributed by atoms with E-state index in [0.29, 0.717) is 19.0 Å². The molecule has 0 spiro atoms. The summed E-state index contributed by atoms with van der Waals surface area (Å²) in [5.74, 6) is 2.56. The third-order valence-electron chi connectivity index (χ3n) is 5.04. The van der Waals surface area contributed by atoms with Crippen LogP contribution in [0.2, 0.25) is 0 Å². The average Bonchev–Trinajstić information content (AvgIpc) is 3.25. The van der Waals surface area contributed by atoms with E-state index in [0.717, 1.165) is 29.2 Å². The number of fused-ring (bicyclic) bond motifs is 2. The minimum absolute atomic E-state index is 0.0162. The highest BCUT2D eigenvalue weighted by Gasteiger charge is 2.34. The van der Waals surface area contributed by atoms with E-state index < -0.39 is 6.04 Å². The van der Waals surface area contributed by atoms with Gasteiger partial charge in [-0.25, -0.2) is 0 Å². The van der Waals surface area contributed by atoms with E-state index in [1.165, 1.54) is 17.6 Å². The van der Waals surface area contributed by atoms with Crippen molar-refractivity contribution < 1.29 is 4.79 Å². The second kappa shape index (κ2) is 5.37. The molecule has 2 aliphatic rings. The van der Waals surface area contributed by atoms with Gasteiger partial charge in [-0.1, -0.05) is 12.1 Å². The number of amides is 1. The number of nitrogens with zero attached hydrogens (tertiary/aromatic N) is 7. The summed E-state index contributed by atoms with van der Waals surface area (Å²) in [6.07, 6.45) is 2.41. The molecule has 8 heteroatoms. The van der Waals surface area contributed by atoms with Gasteiger partial charge in [-0.3, -0.25) is 4.79 Å². The maximum Gasteiger partial charge on any atom is 0.249 e. The quantitative estimate of drug-likeness (QED) is 0.723. The Morgan fingerprint density at radius 1 is 1.12 bits per heavy atom. The van der Waals surface area contributed by atoms with Crippen molar-refractivity contribution >= 4 is 16.9 Å². The van der Waals surface area contributed by atoms with Crippen LogP contribution in [0.1, 0.15) is 43.4 Å². The van der Waals surface area contributed by atoms with Gasteiger partial charge in [0.25, 0.3) is 0 Å². The van der Waals surface area contributed by atoms with Crippen molar-refractivity contribution in [2.75, 3.05) is 6.54 Å². The lowest BCUT2D eigenvalue weighted by Gasteiger charge is -2.29. The summed E-state index contributed by atoms with van der Waals surface area (Å²) < 4.78 is 2.19. The summed E-state index contributed by atoms with van der Waals surface area (Å²) in [5, 5.41) is 17.5. The molecular formula is C17H19N7O. The van der Waals surface area contributed by atoms with Crippen molar-refractivity contribution in [2.24, 2.45) is 0 Å². The highest BCUT2D eigenvalue weighted by Crippen LogP contribution is 2.39. The van der Waals surface area contributed by atoms with Crippen molar-refractivity contribution in [1.82, 2.24) is 34.7 Å². The van der Waals surface area contributed by atoms with Crippen molar-refractivity contribution in [3.63, 3.8) is 0 Å². The third kappa shape index (κ3) is 2.40. The van der Waals surface area contributed by atoms with Gasteiger partial charge >= 0.3 is 0 Å². The topological polar surface area (TPSA) is 81.7 Å². The van der Waals surface area contributed by atoms with E-state index >= 15 is 0 Å². The number of benzene rings is 1. The van der Waals surface area contributed by atoms with Crippen molar-refractivity contribution in [1.29, 1.82) is 0 Å². The van der Waals surface area contributed by atoms with Crippen molar-refractivity contribution in [2.45, 2.75) is 44.8 Å². The van der Waals surface area contributed by atoms with Gasteiger partial charge in [0.2, 0.25) is 5.91 Å². The number of aromatic nitrogens is 6. The zero-order valence-electron chi connectivity index (χ0n) is 14.0. The molecule has 1 amide bonds. The molecule has 1 aliphatic carbocycles. The number of rotatable bonds is 3. The summed E-state index contributed by atoms with van der Waals surface area (Å²) in [6, 6.07) is 7.20. The highest BCUT2D eigenvalue weighted by molar-refractivity contribution is 5.80. The van der Waals surface area contributed by atoms with Gasteiger partial charge in [-0.05, 0) is 31.9 Å². The first kappa shape index (κ1) is 14.6. The molecule has 1 saturated carbocycles. The molecule has 5 rings (SSSR count). The van der Waals surface area contributed by atoms with E-state index in [1.807, 2.05) is 36.1 Å². The summed E-state index contributed by atoms with van der Waals surface area (Å²) in [7, 11) is 0. The average molecular weight is 337 g/mol. The number of hydrogen-bond acceptors (Lipinski definition) is 5. The molecule has 1 atom stereocenters. The Morgan fingerprint density at radius 3 is 2.52 bits per heavy atom. The summed E-state index contributed by atoms with van der Waals surface area (Å²) in [4.78, 5) is 16.3. The van der Waals surface area contributed by atoms with Crippen LogP contribution in [0.25, 0.3) is 11.0 Å². The molecule has 2 aromatic heterocycles. The summed E-state index contributed by atoms with van der Waals surface area (Å²) >= 11 is 0. The molecule has 1 aromatic carbocycles. The second-order valence-corrected chi connectivity index (χ2v) is 6.85. The molecule has 128 valence electrons. The Hall–Kier alpha value is -2.77. The number of carbonyl (C=O) groups is 1.